The van der Waals surface area contributed by atoms with Gasteiger partial charge in [-0.25, -0.2) is 4.79 Å². The maximum atomic E-state index is 12.7. The molecule has 1 aliphatic heterocycles. The third kappa shape index (κ3) is 4.30. The average molecular weight is 469 g/mol. The molecule has 1 aliphatic rings. The Morgan fingerprint density at radius 2 is 1.59 bits per heavy atom. The molecule has 1 heterocycles. The van der Waals surface area contributed by atoms with Gasteiger partial charge in [0.25, 0.3) is 11.8 Å². The van der Waals surface area contributed by atoms with Crippen LogP contribution in [0.2, 0.25) is 0 Å². The molecule has 0 aromatic heterocycles. The number of esters is 1. The topological polar surface area (TPSA) is 107 Å². The lowest BCUT2D eigenvalue weighted by molar-refractivity contribution is -0.147. The molecular weight excluding hydrogens is 455 g/mol. The highest BCUT2D eigenvalue weighted by Crippen LogP contribution is 2.34. The molecule has 0 spiro atoms. The summed E-state index contributed by atoms with van der Waals surface area (Å²) in [6, 6.07) is 6.44. The van der Waals surface area contributed by atoms with Crippen LogP contribution in [0, 0.1) is 11.8 Å². The first-order valence-electron chi connectivity index (χ1n) is 8.83. The Morgan fingerprint density at radius 1 is 1.00 bits per heavy atom. The number of rotatable bonds is 2. The highest BCUT2D eigenvalue weighted by atomic mass is 32.2. The number of hydroxylamine groups is 2. The molecule has 3 rings (SSSR count). The van der Waals surface area contributed by atoms with Crippen molar-refractivity contribution in [2.75, 3.05) is 0 Å². The number of imide groups is 1. The standard InChI is InChI=1S/C20H14F3NO7S/c1-19(2,3)30-15(25)10-8-11-7-9-14-16-12(11)5-4-6-13(16)17(26)24(18(14)27)31-32(28,29)20(21,22)23/h4-7,9H,1-3H3. The molecule has 32 heavy (non-hydrogen) atoms. The molecular formula is C20H14F3NO7S. The van der Waals surface area contributed by atoms with Crippen molar-refractivity contribution < 1.29 is 45.0 Å². The van der Waals surface area contributed by atoms with E-state index >= 15 is 0 Å². The van der Waals surface area contributed by atoms with Gasteiger partial charge in [-0.1, -0.05) is 18.1 Å². The van der Waals surface area contributed by atoms with Gasteiger partial charge in [-0.3, -0.25) is 9.59 Å². The largest absolute Gasteiger partial charge is 0.525 e. The van der Waals surface area contributed by atoms with E-state index in [0.717, 1.165) is 6.07 Å². The van der Waals surface area contributed by atoms with Crippen molar-refractivity contribution in [2.45, 2.75) is 31.9 Å². The molecule has 2 aromatic rings. The number of carbonyl (C=O) groups is 3. The summed E-state index contributed by atoms with van der Waals surface area (Å²) in [7, 11) is -6.27. The van der Waals surface area contributed by atoms with Crippen LogP contribution < -0.4 is 0 Å². The van der Waals surface area contributed by atoms with Crippen molar-refractivity contribution in [1.29, 1.82) is 0 Å². The molecule has 0 aliphatic carbocycles. The Balaban J connectivity index is 2.08. The predicted octanol–water partition coefficient (Wildman–Crippen LogP) is 2.91. The van der Waals surface area contributed by atoms with Gasteiger partial charge in [0, 0.05) is 16.9 Å². The molecule has 0 saturated carbocycles. The van der Waals surface area contributed by atoms with E-state index in [1.165, 1.54) is 24.3 Å². The van der Waals surface area contributed by atoms with Gasteiger partial charge in [-0.05, 0) is 44.4 Å². The smallest absolute Gasteiger partial charge is 0.450 e. The number of carbonyl (C=O) groups excluding carboxylic acids is 3. The van der Waals surface area contributed by atoms with Gasteiger partial charge in [0.15, 0.2) is 0 Å². The lowest BCUT2D eigenvalue weighted by Gasteiger charge is -2.25. The zero-order valence-electron chi connectivity index (χ0n) is 16.7. The number of amides is 2. The lowest BCUT2D eigenvalue weighted by Crippen LogP contribution is -2.44. The minimum Gasteiger partial charge on any atom is -0.450 e. The van der Waals surface area contributed by atoms with Crippen LogP contribution in [0.3, 0.4) is 0 Å². The van der Waals surface area contributed by atoms with Gasteiger partial charge < -0.3 is 4.74 Å². The molecule has 12 heteroatoms. The summed E-state index contributed by atoms with van der Waals surface area (Å²) in [6.07, 6.45) is 0. The first kappa shape index (κ1) is 23.2. The van der Waals surface area contributed by atoms with Crippen LogP contribution in [0.15, 0.2) is 30.3 Å². The van der Waals surface area contributed by atoms with Gasteiger partial charge in [-0.2, -0.15) is 21.6 Å². The van der Waals surface area contributed by atoms with Crippen molar-refractivity contribution in [2.24, 2.45) is 0 Å². The van der Waals surface area contributed by atoms with Crippen LogP contribution in [0.1, 0.15) is 47.1 Å². The fourth-order valence-corrected chi connectivity index (χ4v) is 3.23. The fraction of sp³-hybridized carbons (Fsp3) is 0.250. The predicted molar refractivity (Wildman–Crippen MR) is 103 cm³/mol. The van der Waals surface area contributed by atoms with Crippen LogP contribution in [0.5, 0.6) is 0 Å². The van der Waals surface area contributed by atoms with Gasteiger partial charge in [-0.15, -0.1) is 9.35 Å². The molecule has 8 nitrogen and oxygen atoms in total. The summed E-state index contributed by atoms with van der Waals surface area (Å²) in [5.41, 5.74) is -6.95. The van der Waals surface area contributed by atoms with E-state index in [1.54, 1.807) is 20.8 Å². The number of ether oxygens (including phenoxy) is 1. The maximum absolute atomic E-state index is 12.7. The summed E-state index contributed by atoms with van der Waals surface area (Å²) in [4.78, 5) is 37.0. The number of benzene rings is 2. The summed E-state index contributed by atoms with van der Waals surface area (Å²) in [6.45, 7) is 4.96. The van der Waals surface area contributed by atoms with Crippen LogP contribution in [-0.2, 0) is 23.9 Å². The zero-order valence-corrected chi connectivity index (χ0v) is 17.6. The Morgan fingerprint density at radius 3 is 2.16 bits per heavy atom. The molecule has 0 N–H and O–H groups in total. The normalized spacial score (nSPS) is 14.2. The Kier molecular flexibility index (Phi) is 5.53. The Labute approximate surface area is 180 Å². The summed E-state index contributed by atoms with van der Waals surface area (Å²) >= 11 is 0. The van der Waals surface area contributed by atoms with Crippen LogP contribution in [0.4, 0.5) is 13.2 Å². The Hall–Kier alpha value is -3.43. The monoisotopic (exact) mass is 469 g/mol. The van der Waals surface area contributed by atoms with Crippen molar-refractivity contribution in [3.05, 3.63) is 47.0 Å². The number of hydrogen-bond donors (Lipinski definition) is 0. The van der Waals surface area contributed by atoms with Crippen LogP contribution >= 0.6 is 0 Å². The third-order valence-electron chi connectivity index (χ3n) is 4.02. The van der Waals surface area contributed by atoms with E-state index in [9.17, 15) is 36.0 Å². The number of alkyl halides is 3. The minimum absolute atomic E-state index is 0.0303. The number of hydrogen-bond acceptors (Lipinski definition) is 7. The molecule has 0 atom stereocenters. The quantitative estimate of drug-likeness (QED) is 0.288. The highest BCUT2D eigenvalue weighted by Gasteiger charge is 2.51. The molecule has 2 amide bonds. The van der Waals surface area contributed by atoms with Gasteiger partial charge in [0.05, 0.1) is 11.1 Å². The number of halogens is 3. The second kappa shape index (κ2) is 7.61. The minimum atomic E-state index is -6.27. The van der Waals surface area contributed by atoms with Gasteiger partial charge in [0.2, 0.25) is 0 Å². The van der Waals surface area contributed by atoms with E-state index in [2.05, 4.69) is 16.1 Å². The summed E-state index contributed by atoms with van der Waals surface area (Å²) < 4.78 is 69.5. The zero-order chi connectivity index (χ0) is 24.1. The van der Waals surface area contributed by atoms with Crippen molar-refractivity contribution in [1.82, 2.24) is 5.06 Å². The molecule has 0 fully saturated rings. The van der Waals surface area contributed by atoms with Crippen molar-refractivity contribution >= 4 is 38.7 Å². The van der Waals surface area contributed by atoms with Crippen LogP contribution in [-0.4, -0.2) is 42.4 Å². The van der Waals surface area contributed by atoms with Crippen molar-refractivity contribution in [3.8, 4) is 11.8 Å². The molecule has 2 aromatic carbocycles. The molecule has 0 saturated heterocycles. The van der Waals surface area contributed by atoms with E-state index in [0.29, 0.717) is 0 Å². The first-order valence-corrected chi connectivity index (χ1v) is 10.2. The lowest BCUT2D eigenvalue weighted by atomic mass is 9.92. The van der Waals surface area contributed by atoms with Gasteiger partial charge in [0.1, 0.15) is 5.60 Å². The molecule has 0 radical (unpaired) electrons. The second-order valence-electron chi connectivity index (χ2n) is 7.52. The molecule has 0 unspecified atom stereocenters. The summed E-state index contributed by atoms with van der Waals surface area (Å²) in [5, 5.41) is -0.176. The maximum Gasteiger partial charge on any atom is 0.525 e. The first-order chi connectivity index (χ1) is 14.6. The highest BCUT2D eigenvalue weighted by molar-refractivity contribution is 7.87. The average Bonchev–Trinajstić information content (AvgIpc) is 2.65. The van der Waals surface area contributed by atoms with Crippen LogP contribution in [0.25, 0.3) is 10.8 Å². The third-order valence-corrected chi connectivity index (χ3v) is 4.94. The Bertz CT molecular complexity index is 1310. The van der Waals surface area contributed by atoms with E-state index in [1.807, 2.05) is 0 Å². The van der Waals surface area contributed by atoms with E-state index < -0.39 is 44.1 Å². The molecule has 0 bridgehead atoms. The summed E-state index contributed by atoms with van der Waals surface area (Å²) in [5.74, 6) is 1.23. The van der Waals surface area contributed by atoms with Gasteiger partial charge >= 0.3 is 21.6 Å². The van der Waals surface area contributed by atoms with E-state index in [4.69, 9.17) is 4.74 Å². The molecule has 168 valence electrons. The SMILES string of the molecule is CC(C)(C)OC(=O)C#Cc1ccc2c3c(cccc13)C(=O)N(OS(=O)(=O)C(F)(F)F)C2=O. The van der Waals surface area contributed by atoms with E-state index in [-0.39, 0.29) is 27.5 Å². The fourth-order valence-electron chi connectivity index (χ4n) is 2.81. The number of nitrogens with zero attached hydrogens (tertiary/aromatic N) is 1. The van der Waals surface area contributed by atoms with Crippen molar-refractivity contribution in [3.63, 3.8) is 0 Å². The second-order valence-corrected chi connectivity index (χ2v) is 9.04.